The van der Waals surface area contributed by atoms with Gasteiger partial charge in [0.2, 0.25) is 0 Å². The van der Waals surface area contributed by atoms with Crippen molar-refractivity contribution in [1.82, 2.24) is 4.90 Å². The molecule has 0 bridgehead atoms. The van der Waals surface area contributed by atoms with Crippen LogP contribution in [-0.4, -0.2) is 54.6 Å². The van der Waals surface area contributed by atoms with E-state index >= 15 is 0 Å². The van der Waals surface area contributed by atoms with Crippen molar-refractivity contribution in [3.8, 4) is 11.8 Å². The lowest BCUT2D eigenvalue weighted by Gasteiger charge is -2.37. The van der Waals surface area contributed by atoms with Crippen molar-refractivity contribution in [2.75, 3.05) is 26.3 Å². The summed E-state index contributed by atoms with van der Waals surface area (Å²) >= 11 is 0. The molecule has 1 N–H and O–H groups in total. The van der Waals surface area contributed by atoms with E-state index in [2.05, 4.69) is 17.9 Å². The van der Waals surface area contributed by atoms with E-state index in [4.69, 9.17) is 14.7 Å². The highest BCUT2D eigenvalue weighted by atomic mass is 16.5. The second-order valence-electron chi connectivity index (χ2n) is 5.52. The third-order valence-corrected chi connectivity index (χ3v) is 3.62. The van der Waals surface area contributed by atoms with Crippen LogP contribution >= 0.6 is 0 Å². The number of aliphatic hydroxyl groups excluding tert-OH is 1. The van der Waals surface area contributed by atoms with Crippen LogP contribution in [0.25, 0.3) is 0 Å². The summed E-state index contributed by atoms with van der Waals surface area (Å²) < 4.78 is 11.1. The average Bonchev–Trinajstić information content (AvgIpc) is 2.49. The molecule has 21 heavy (non-hydrogen) atoms. The van der Waals surface area contributed by atoms with Crippen LogP contribution in [0.3, 0.4) is 0 Å². The van der Waals surface area contributed by atoms with Crippen molar-refractivity contribution >= 4 is 0 Å². The number of ether oxygens (including phenoxy) is 2. The fraction of sp³-hybridized carbons (Fsp3) is 0.562. The molecule has 1 fully saturated rings. The lowest BCUT2D eigenvalue weighted by atomic mass is 10.2. The highest BCUT2D eigenvalue weighted by molar-refractivity contribution is 5.42. The topological polar surface area (TPSA) is 65.7 Å². The summed E-state index contributed by atoms with van der Waals surface area (Å²) in [6, 6.07) is 9.42. The van der Waals surface area contributed by atoms with Crippen molar-refractivity contribution in [3.63, 3.8) is 0 Å². The van der Waals surface area contributed by atoms with Gasteiger partial charge in [-0.05, 0) is 26.0 Å². The van der Waals surface area contributed by atoms with Gasteiger partial charge in [0.05, 0.1) is 18.3 Å². The summed E-state index contributed by atoms with van der Waals surface area (Å²) in [6.45, 7) is 6.34. The van der Waals surface area contributed by atoms with Gasteiger partial charge in [-0.25, -0.2) is 0 Å². The van der Waals surface area contributed by atoms with Crippen molar-refractivity contribution in [2.24, 2.45) is 0 Å². The minimum absolute atomic E-state index is 0.178. The number of hydrogen-bond acceptors (Lipinski definition) is 5. The number of nitriles is 1. The Morgan fingerprint density at radius 3 is 3.00 bits per heavy atom. The minimum Gasteiger partial charge on any atom is -0.489 e. The Bertz CT molecular complexity index is 501. The number of para-hydroxylation sites is 1. The minimum atomic E-state index is -0.593. The van der Waals surface area contributed by atoms with Crippen LogP contribution in [0.2, 0.25) is 0 Å². The predicted octanol–water partition coefficient (Wildman–Crippen LogP) is 1.41. The molecule has 3 unspecified atom stereocenters. The first-order valence-electron chi connectivity index (χ1n) is 7.25. The van der Waals surface area contributed by atoms with E-state index in [1.807, 2.05) is 13.0 Å². The fourth-order valence-corrected chi connectivity index (χ4v) is 2.42. The molecule has 2 rings (SSSR count). The highest BCUT2D eigenvalue weighted by Crippen LogP contribution is 2.17. The number of aliphatic hydroxyl groups is 1. The molecule has 1 aliphatic heterocycles. The zero-order chi connectivity index (χ0) is 15.2. The third-order valence-electron chi connectivity index (χ3n) is 3.62. The molecule has 1 heterocycles. The summed E-state index contributed by atoms with van der Waals surface area (Å²) in [5.74, 6) is 0.516. The quantitative estimate of drug-likeness (QED) is 0.888. The first-order valence-corrected chi connectivity index (χ1v) is 7.25. The molecule has 0 radical (unpaired) electrons. The van der Waals surface area contributed by atoms with E-state index in [-0.39, 0.29) is 12.7 Å². The van der Waals surface area contributed by atoms with E-state index in [9.17, 15) is 5.11 Å². The molecule has 0 amide bonds. The number of rotatable bonds is 5. The van der Waals surface area contributed by atoms with E-state index in [1.165, 1.54) is 0 Å². The van der Waals surface area contributed by atoms with E-state index in [0.29, 0.717) is 30.5 Å². The first kappa shape index (κ1) is 15.8. The van der Waals surface area contributed by atoms with Crippen LogP contribution in [0.1, 0.15) is 19.4 Å². The van der Waals surface area contributed by atoms with E-state index in [0.717, 1.165) is 6.54 Å². The third kappa shape index (κ3) is 4.43. The van der Waals surface area contributed by atoms with Gasteiger partial charge in [-0.15, -0.1) is 0 Å². The van der Waals surface area contributed by atoms with Gasteiger partial charge in [0, 0.05) is 19.1 Å². The molecule has 0 aromatic heterocycles. The van der Waals surface area contributed by atoms with Crippen molar-refractivity contribution in [1.29, 1.82) is 5.26 Å². The second kappa shape index (κ2) is 7.41. The van der Waals surface area contributed by atoms with Gasteiger partial charge in [-0.2, -0.15) is 5.26 Å². The van der Waals surface area contributed by atoms with Gasteiger partial charge in [-0.1, -0.05) is 12.1 Å². The molecule has 1 aliphatic rings. The van der Waals surface area contributed by atoms with Crippen LogP contribution in [0.5, 0.6) is 5.75 Å². The summed E-state index contributed by atoms with van der Waals surface area (Å²) in [5.41, 5.74) is 0.484. The van der Waals surface area contributed by atoms with Gasteiger partial charge in [-0.3, -0.25) is 4.90 Å². The maximum absolute atomic E-state index is 10.1. The van der Waals surface area contributed by atoms with Crippen LogP contribution < -0.4 is 4.74 Å². The molecular weight excluding hydrogens is 268 g/mol. The van der Waals surface area contributed by atoms with Crippen molar-refractivity contribution in [3.05, 3.63) is 29.8 Å². The van der Waals surface area contributed by atoms with Gasteiger partial charge < -0.3 is 14.6 Å². The van der Waals surface area contributed by atoms with E-state index in [1.54, 1.807) is 18.2 Å². The number of benzene rings is 1. The zero-order valence-corrected chi connectivity index (χ0v) is 12.5. The summed E-state index contributed by atoms with van der Waals surface area (Å²) in [6.07, 6.45) is -0.405. The Morgan fingerprint density at radius 1 is 1.48 bits per heavy atom. The molecule has 0 aliphatic carbocycles. The zero-order valence-electron chi connectivity index (χ0n) is 12.5. The molecule has 114 valence electrons. The molecule has 0 spiro atoms. The molecule has 5 heteroatoms. The first-order chi connectivity index (χ1) is 10.1. The van der Waals surface area contributed by atoms with Crippen molar-refractivity contribution < 1.29 is 14.6 Å². The predicted molar refractivity (Wildman–Crippen MR) is 79.1 cm³/mol. The van der Waals surface area contributed by atoms with Crippen LogP contribution in [-0.2, 0) is 4.74 Å². The highest BCUT2D eigenvalue weighted by Gasteiger charge is 2.25. The van der Waals surface area contributed by atoms with Gasteiger partial charge in [0.1, 0.15) is 24.5 Å². The SMILES string of the molecule is CC1CN(CC(O)COc2ccccc2C#N)C(C)CO1. The molecule has 0 saturated carbocycles. The summed E-state index contributed by atoms with van der Waals surface area (Å²) in [5, 5.41) is 19.1. The Kier molecular flexibility index (Phi) is 5.57. The number of hydrogen-bond donors (Lipinski definition) is 1. The Balaban J connectivity index is 1.84. The Morgan fingerprint density at radius 2 is 2.24 bits per heavy atom. The maximum atomic E-state index is 10.1. The Labute approximate surface area is 125 Å². The number of morpholine rings is 1. The molecule has 1 saturated heterocycles. The molecule has 5 nitrogen and oxygen atoms in total. The lowest BCUT2D eigenvalue weighted by Crippen LogP contribution is -2.50. The second-order valence-corrected chi connectivity index (χ2v) is 5.52. The largest absolute Gasteiger partial charge is 0.489 e. The van der Waals surface area contributed by atoms with Gasteiger partial charge >= 0.3 is 0 Å². The summed E-state index contributed by atoms with van der Waals surface area (Å²) in [7, 11) is 0. The monoisotopic (exact) mass is 290 g/mol. The number of β-amino-alcohol motifs (C(OH)–C–C–N with tert-alkyl or cyclic N) is 1. The maximum Gasteiger partial charge on any atom is 0.137 e. The normalized spacial score (nSPS) is 24.3. The molecule has 3 atom stereocenters. The van der Waals surface area contributed by atoms with Gasteiger partial charge in [0.15, 0.2) is 0 Å². The van der Waals surface area contributed by atoms with Crippen LogP contribution in [0.15, 0.2) is 24.3 Å². The molecule has 1 aromatic rings. The van der Waals surface area contributed by atoms with Gasteiger partial charge in [0.25, 0.3) is 0 Å². The fourth-order valence-electron chi connectivity index (χ4n) is 2.42. The number of nitrogens with zero attached hydrogens (tertiary/aromatic N) is 2. The van der Waals surface area contributed by atoms with E-state index < -0.39 is 6.10 Å². The Hall–Kier alpha value is -1.61. The smallest absolute Gasteiger partial charge is 0.137 e. The van der Waals surface area contributed by atoms with Crippen LogP contribution in [0.4, 0.5) is 0 Å². The van der Waals surface area contributed by atoms with Crippen LogP contribution in [0, 0.1) is 11.3 Å². The molecule has 1 aromatic carbocycles. The summed E-state index contributed by atoms with van der Waals surface area (Å²) in [4.78, 5) is 2.21. The lowest BCUT2D eigenvalue weighted by molar-refractivity contribution is -0.0650. The molecular formula is C16H22N2O3. The van der Waals surface area contributed by atoms with Crippen molar-refractivity contribution in [2.45, 2.75) is 32.1 Å². The average molecular weight is 290 g/mol. The standard InChI is InChI=1S/C16H22N2O3/c1-12-10-20-13(2)8-18(12)9-15(19)11-21-16-6-4-3-5-14(16)7-17/h3-6,12-13,15,19H,8-11H2,1-2H3.